The molecule has 0 rings (SSSR count). The molecule has 0 saturated heterocycles. The van der Waals surface area contributed by atoms with Crippen LogP contribution in [0.15, 0.2) is 0 Å². The highest BCUT2D eigenvalue weighted by molar-refractivity contribution is 5.99. The van der Waals surface area contributed by atoms with Crippen LogP contribution in [0.5, 0.6) is 0 Å². The Balaban J connectivity index is 4.27. The van der Waals surface area contributed by atoms with Gasteiger partial charge in [0.25, 0.3) is 8.05 Å². The van der Waals surface area contributed by atoms with Crippen molar-refractivity contribution in [2.24, 2.45) is 0 Å². The minimum atomic E-state index is -2.55. The molecule has 0 aromatic carbocycles. The Morgan fingerprint density at radius 3 is 2.33 bits per heavy atom. The number of amides is 3. The number of hydrogen-bond donors (Lipinski definition) is 5. The highest BCUT2D eigenvalue weighted by Gasteiger charge is 2.29. The summed E-state index contributed by atoms with van der Waals surface area (Å²) in [5, 5.41) is 18.2. The average molecular weight is 258 g/mol. The second kappa shape index (κ2) is 7.64. The maximum Gasteiger partial charge on any atom is 0.324 e. The lowest BCUT2D eigenvalue weighted by Crippen LogP contribution is -2.62. The van der Waals surface area contributed by atoms with Crippen LogP contribution in [-0.2, 0) is 19.0 Å². The van der Waals surface area contributed by atoms with Gasteiger partial charge in [0.2, 0.25) is 17.7 Å². The van der Waals surface area contributed by atoms with Crippen LogP contribution in [0.4, 0.5) is 0 Å². The summed E-state index contributed by atoms with van der Waals surface area (Å²) in [6, 6.07) is -2.55. The second-order valence-electron chi connectivity index (χ2n) is 3.30. The van der Waals surface area contributed by atoms with E-state index in [1.807, 2.05) is 10.6 Å². The van der Waals surface area contributed by atoms with E-state index in [-0.39, 0.29) is 6.67 Å². The van der Waals surface area contributed by atoms with Gasteiger partial charge in [0.1, 0.15) is 6.42 Å². The van der Waals surface area contributed by atoms with Gasteiger partial charge in [0, 0.05) is 6.92 Å². The zero-order valence-electron chi connectivity index (χ0n) is 10.1. The second-order valence-corrected chi connectivity index (χ2v) is 3.30. The third-order valence-electron chi connectivity index (χ3n) is 1.61. The summed E-state index contributed by atoms with van der Waals surface area (Å²) in [6.07, 6.45) is -0.563. The van der Waals surface area contributed by atoms with Gasteiger partial charge in [-0.05, 0) is 7.05 Å². The molecule has 1 atom stereocenters. The van der Waals surface area contributed by atoms with Gasteiger partial charge in [-0.2, -0.15) is 0 Å². The standard InChI is InChI=1S/C8H15BN4O5/c1-5(14)12-8(17,18-9)13-7(16)3-6(15)11-4-10-2/h10,17H,3-4H2,1-2H3,(H,11,15)(H,12,14)(H,13,16). The molecule has 1 unspecified atom stereocenters. The first-order valence-corrected chi connectivity index (χ1v) is 4.94. The molecule has 0 bridgehead atoms. The van der Waals surface area contributed by atoms with Gasteiger partial charge in [0.05, 0.1) is 6.67 Å². The van der Waals surface area contributed by atoms with E-state index >= 15 is 0 Å². The number of nitrogens with one attached hydrogen (secondary N) is 4. The van der Waals surface area contributed by atoms with E-state index in [0.717, 1.165) is 6.92 Å². The van der Waals surface area contributed by atoms with Crippen molar-refractivity contribution in [1.29, 1.82) is 0 Å². The van der Waals surface area contributed by atoms with Crippen LogP contribution in [0.3, 0.4) is 0 Å². The summed E-state index contributed by atoms with van der Waals surface area (Å²) in [4.78, 5) is 33.2. The SMILES string of the molecule is [B]OC(O)(NC(C)=O)NC(=O)CC(=O)NCNC. The number of carbonyl (C=O) groups is 3. The molecule has 0 saturated carbocycles. The van der Waals surface area contributed by atoms with Crippen LogP contribution >= 0.6 is 0 Å². The number of hydrogen-bond acceptors (Lipinski definition) is 6. The van der Waals surface area contributed by atoms with Gasteiger partial charge in [-0.15, -0.1) is 0 Å². The van der Waals surface area contributed by atoms with E-state index in [9.17, 15) is 19.5 Å². The molecule has 10 heteroatoms. The van der Waals surface area contributed by atoms with Gasteiger partial charge in [-0.3, -0.25) is 25.0 Å². The fraction of sp³-hybridized carbons (Fsp3) is 0.625. The van der Waals surface area contributed by atoms with Crippen LogP contribution in [0, 0.1) is 0 Å². The highest BCUT2D eigenvalue weighted by Crippen LogP contribution is 1.96. The Bertz CT molecular complexity index is 327. The van der Waals surface area contributed by atoms with Gasteiger partial charge < -0.3 is 20.4 Å². The molecular weight excluding hydrogens is 243 g/mol. The molecule has 0 heterocycles. The van der Waals surface area contributed by atoms with Gasteiger partial charge in [-0.1, -0.05) is 0 Å². The molecular formula is C8H15BN4O5. The van der Waals surface area contributed by atoms with E-state index in [0.29, 0.717) is 0 Å². The van der Waals surface area contributed by atoms with Crippen molar-refractivity contribution in [3.8, 4) is 0 Å². The summed E-state index contributed by atoms with van der Waals surface area (Å²) in [5.41, 5.74) is 0. The molecule has 0 aromatic rings. The molecule has 100 valence electrons. The maximum absolute atomic E-state index is 11.3. The largest absolute Gasteiger partial charge is 0.389 e. The summed E-state index contributed by atoms with van der Waals surface area (Å²) in [6.45, 7) is 1.27. The lowest BCUT2D eigenvalue weighted by molar-refractivity contribution is -0.192. The predicted octanol–water partition coefficient (Wildman–Crippen LogP) is -3.37. The summed E-state index contributed by atoms with van der Waals surface area (Å²) in [5.74, 6) is -2.16. The molecule has 2 radical (unpaired) electrons. The minimum Gasteiger partial charge on any atom is -0.389 e. The maximum atomic E-state index is 11.3. The fourth-order valence-corrected chi connectivity index (χ4v) is 0.957. The average Bonchev–Trinajstić information content (AvgIpc) is 2.24. The Morgan fingerprint density at radius 2 is 1.89 bits per heavy atom. The van der Waals surface area contributed by atoms with Crippen molar-refractivity contribution in [1.82, 2.24) is 21.3 Å². The van der Waals surface area contributed by atoms with Crippen molar-refractivity contribution in [3.05, 3.63) is 0 Å². The fourth-order valence-electron chi connectivity index (χ4n) is 0.957. The van der Waals surface area contributed by atoms with E-state index in [1.165, 1.54) is 0 Å². The normalized spacial score (nSPS) is 13.3. The number of rotatable bonds is 7. The third-order valence-corrected chi connectivity index (χ3v) is 1.61. The van der Waals surface area contributed by atoms with Crippen molar-refractivity contribution >= 4 is 25.8 Å². The first-order valence-electron chi connectivity index (χ1n) is 4.94. The Hall–Kier alpha value is -1.65. The van der Waals surface area contributed by atoms with Gasteiger partial charge >= 0.3 is 6.03 Å². The van der Waals surface area contributed by atoms with E-state index in [2.05, 4.69) is 15.3 Å². The summed E-state index contributed by atoms with van der Waals surface area (Å²) >= 11 is 0. The Kier molecular flexibility index (Phi) is 6.94. The van der Waals surface area contributed by atoms with Crippen LogP contribution < -0.4 is 21.3 Å². The molecule has 18 heavy (non-hydrogen) atoms. The van der Waals surface area contributed by atoms with Gasteiger partial charge in [-0.25, -0.2) is 0 Å². The van der Waals surface area contributed by atoms with E-state index in [4.69, 9.17) is 8.05 Å². The van der Waals surface area contributed by atoms with Crippen molar-refractivity contribution in [2.45, 2.75) is 19.4 Å². The molecule has 9 nitrogen and oxygen atoms in total. The van der Waals surface area contributed by atoms with E-state index in [1.54, 1.807) is 7.05 Å². The Morgan fingerprint density at radius 1 is 1.28 bits per heavy atom. The lowest BCUT2D eigenvalue weighted by Gasteiger charge is -2.27. The molecule has 3 amide bonds. The lowest BCUT2D eigenvalue weighted by atomic mass is 10.3. The summed E-state index contributed by atoms with van der Waals surface area (Å²) < 4.78 is 4.03. The topological polar surface area (TPSA) is 129 Å². The minimum absolute atomic E-state index is 0.190. The van der Waals surface area contributed by atoms with Crippen LogP contribution in [0.25, 0.3) is 0 Å². The first-order chi connectivity index (χ1) is 8.33. The Labute approximate surface area is 105 Å². The quantitative estimate of drug-likeness (QED) is 0.184. The molecule has 5 N–H and O–H groups in total. The molecule has 0 aromatic heterocycles. The smallest absolute Gasteiger partial charge is 0.324 e. The van der Waals surface area contributed by atoms with Crippen LogP contribution in [0.1, 0.15) is 13.3 Å². The van der Waals surface area contributed by atoms with Crippen molar-refractivity contribution in [2.75, 3.05) is 13.7 Å². The first kappa shape index (κ1) is 16.4. The monoisotopic (exact) mass is 258 g/mol. The predicted molar refractivity (Wildman–Crippen MR) is 60.4 cm³/mol. The highest BCUT2D eigenvalue weighted by atomic mass is 16.6. The zero-order valence-corrected chi connectivity index (χ0v) is 10.1. The van der Waals surface area contributed by atoms with Crippen molar-refractivity contribution in [3.63, 3.8) is 0 Å². The van der Waals surface area contributed by atoms with Crippen LogP contribution in [0.2, 0.25) is 0 Å². The van der Waals surface area contributed by atoms with Gasteiger partial charge in [0.15, 0.2) is 0 Å². The summed E-state index contributed by atoms with van der Waals surface area (Å²) in [7, 11) is 6.33. The molecule has 0 aliphatic carbocycles. The van der Waals surface area contributed by atoms with Crippen molar-refractivity contribution < 1.29 is 24.1 Å². The molecule has 0 spiro atoms. The zero-order chi connectivity index (χ0) is 14.2. The molecule has 0 fully saturated rings. The number of aliphatic hydroxyl groups is 1. The van der Waals surface area contributed by atoms with E-state index < -0.39 is 30.2 Å². The molecule has 0 aliphatic rings. The molecule has 0 aliphatic heterocycles. The third kappa shape index (κ3) is 6.83. The van der Waals surface area contributed by atoms with Crippen LogP contribution in [-0.4, -0.2) is 50.6 Å². The number of carbonyl (C=O) groups excluding carboxylic acids is 3.